The lowest BCUT2D eigenvalue weighted by Crippen LogP contribution is -2.20. The van der Waals surface area contributed by atoms with Gasteiger partial charge in [-0.15, -0.1) is 12.3 Å². The molecule has 1 N–H and O–H groups in total. The van der Waals surface area contributed by atoms with E-state index in [-0.39, 0.29) is 0 Å². The molecule has 0 aliphatic carbocycles. The summed E-state index contributed by atoms with van der Waals surface area (Å²) in [5.74, 6) is 3.66. The van der Waals surface area contributed by atoms with Crippen LogP contribution in [0.4, 0.5) is 0 Å². The normalized spacial score (nSPS) is 11.8. The Kier molecular flexibility index (Phi) is 7.77. The molecule has 1 rings (SSSR count). The summed E-state index contributed by atoms with van der Waals surface area (Å²) in [5, 5.41) is 3.52. The molecule has 19 heavy (non-hydrogen) atoms. The highest BCUT2D eigenvalue weighted by Gasteiger charge is 2.10. The summed E-state index contributed by atoms with van der Waals surface area (Å²) in [6.45, 7) is 5.98. The van der Waals surface area contributed by atoms with Crippen LogP contribution in [-0.4, -0.2) is 13.2 Å². The van der Waals surface area contributed by atoms with Gasteiger partial charge in [0.1, 0.15) is 5.75 Å². The zero-order valence-corrected chi connectivity index (χ0v) is 12.1. The summed E-state index contributed by atoms with van der Waals surface area (Å²) in [6.07, 6.45) is 9.30. The van der Waals surface area contributed by atoms with Crippen LogP contribution in [0.3, 0.4) is 0 Å². The number of nitrogens with one attached hydrogen (secondary N) is 1. The molecule has 1 aromatic rings. The molecule has 1 aromatic carbocycles. The van der Waals surface area contributed by atoms with E-state index in [4.69, 9.17) is 11.2 Å². The number of unbranched alkanes of at least 4 members (excludes halogenated alkanes) is 1. The molecule has 0 fully saturated rings. The smallest absolute Gasteiger partial charge is 0.119 e. The Balaban J connectivity index is 2.68. The van der Waals surface area contributed by atoms with Gasteiger partial charge in [-0.1, -0.05) is 26.0 Å². The van der Waals surface area contributed by atoms with Crippen molar-refractivity contribution in [1.29, 1.82) is 0 Å². The summed E-state index contributed by atoms with van der Waals surface area (Å²) >= 11 is 0. The second kappa shape index (κ2) is 9.47. The summed E-state index contributed by atoms with van der Waals surface area (Å²) in [6, 6.07) is 8.74. The Hall–Kier alpha value is -1.46. The highest BCUT2D eigenvalue weighted by Crippen LogP contribution is 2.23. The summed E-state index contributed by atoms with van der Waals surface area (Å²) in [7, 11) is 0. The highest BCUT2D eigenvalue weighted by molar-refractivity contribution is 5.30. The van der Waals surface area contributed by atoms with Crippen LogP contribution in [0, 0.1) is 12.3 Å². The van der Waals surface area contributed by atoms with Crippen LogP contribution in [0.2, 0.25) is 0 Å². The summed E-state index contributed by atoms with van der Waals surface area (Å²) in [4.78, 5) is 0. The van der Waals surface area contributed by atoms with E-state index in [0.717, 1.165) is 44.6 Å². The second-order valence-corrected chi connectivity index (χ2v) is 4.63. The molecule has 1 unspecified atom stereocenters. The predicted octanol–water partition coefficient (Wildman–Crippen LogP) is 3.93. The van der Waals surface area contributed by atoms with E-state index in [2.05, 4.69) is 43.3 Å². The Morgan fingerprint density at radius 1 is 1.37 bits per heavy atom. The maximum atomic E-state index is 5.69. The van der Waals surface area contributed by atoms with E-state index in [1.165, 1.54) is 5.56 Å². The van der Waals surface area contributed by atoms with Gasteiger partial charge in [0.25, 0.3) is 0 Å². The van der Waals surface area contributed by atoms with Gasteiger partial charge in [0.2, 0.25) is 0 Å². The van der Waals surface area contributed by atoms with E-state index in [0.29, 0.717) is 6.04 Å². The maximum Gasteiger partial charge on any atom is 0.119 e. The average molecular weight is 259 g/mol. The first-order chi connectivity index (χ1) is 9.31. The van der Waals surface area contributed by atoms with Gasteiger partial charge in [-0.05, 0) is 43.5 Å². The third kappa shape index (κ3) is 5.81. The van der Waals surface area contributed by atoms with Crippen LogP contribution in [0.5, 0.6) is 5.75 Å². The molecule has 1 atom stereocenters. The van der Waals surface area contributed by atoms with Gasteiger partial charge in [-0.25, -0.2) is 0 Å². The number of hydrogen-bond acceptors (Lipinski definition) is 2. The molecule has 0 bridgehead atoms. The number of benzene rings is 1. The van der Waals surface area contributed by atoms with Gasteiger partial charge in [0.05, 0.1) is 6.61 Å². The lowest BCUT2D eigenvalue weighted by atomic mass is 10.0. The van der Waals surface area contributed by atoms with Crippen LogP contribution in [0.1, 0.15) is 51.1 Å². The quantitative estimate of drug-likeness (QED) is 0.536. The first-order valence-corrected chi connectivity index (χ1v) is 7.21. The van der Waals surface area contributed by atoms with E-state index in [9.17, 15) is 0 Å². The Bertz CT molecular complexity index is 394. The molecule has 0 spiro atoms. The molecule has 104 valence electrons. The van der Waals surface area contributed by atoms with Gasteiger partial charge < -0.3 is 10.1 Å². The van der Waals surface area contributed by atoms with Crippen molar-refractivity contribution in [2.24, 2.45) is 0 Å². The fraction of sp³-hybridized carbons (Fsp3) is 0.529. The van der Waals surface area contributed by atoms with Crippen molar-refractivity contribution in [3.05, 3.63) is 29.8 Å². The Morgan fingerprint density at radius 3 is 2.89 bits per heavy atom. The molecule has 0 saturated heterocycles. The fourth-order valence-electron chi connectivity index (χ4n) is 2.08. The average Bonchev–Trinajstić information content (AvgIpc) is 2.45. The molecule has 0 heterocycles. The largest absolute Gasteiger partial charge is 0.494 e. The third-order valence-corrected chi connectivity index (χ3v) is 3.00. The molecule has 0 saturated carbocycles. The van der Waals surface area contributed by atoms with Crippen LogP contribution in [0.25, 0.3) is 0 Å². The predicted molar refractivity (Wildman–Crippen MR) is 81.3 cm³/mol. The highest BCUT2D eigenvalue weighted by atomic mass is 16.5. The standard InChI is InChI=1S/C17H25NO/c1-4-7-8-12-17(18-6-3)15-10-9-11-16(14-15)19-13-5-2/h1,9-11,14,17-18H,5-8,12-13H2,2-3H3. The monoisotopic (exact) mass is 259 g/mol. The lowest BCUT2D eigenvalue weighted by Gasteiger charge is -2.18. The number of rotatable bonds is 9. The van der Waals surface area contributed by atoms with E-state index in [1.54, 1.807) is 0 Å². The maximum absolute atomic E-state index is 5.69. The van der Waals surface area contributed by atoms with Crippen molar-refractivity contribution >= 4 is 0 Å². The van der Waals surface area contributed by atoms with Crippen molar-refractivity contribution in [2.75, 3.05) is 13.2 Å². The van der Waals surface area contributed by atoms with Crippen molar-refractivity contribution in [3.8, 4) is 18.1 Å². The molecule has 0 aromatic heterocycles. The van der Waals surface area contributed by atoms with Gasteiger partial charge in [0.15, 0.2) is 0 Å². The molecule has 0 amide bonds. The van der Waals surface area contributed by atoms with E-state index in [1.807, 2.05) is 6.07 Å². The SMILES string of the molecule is C#CCCCC(NCC)c1cccc(OCCC)c1. The number of terminal acetylenes is 1. The van der Waals surface area contributed by atoms with Gasteiger partial charge >= 0.3 is 0 Å². The van der Waals surface area contributed by atoms with Crippen LogP contribution in [0.15, 0.2) is 24.3 Å². The van der Waals surface area contributed by atoms with E-state index < -0.39 is 0 Å². The zero-order valence-electron chi connectivity index (χ0n) is 12.1. The molecule has 0 aliphatic heterocycles. The van der Waals surface area contributed by atoms with Crippen molar-refractivity contribution in [2.45, 2.75) is 45.6 Å². The fourth-order valence-corrected chi connectivity index (χ4v) is 2.08. The van der Waals surface area contributed by atoms with E-state index >= 15 is 0 Å². The number of ether oxygens (including phenoxy) is 1. The lowest BCUT2D eigenvalue weighted by molar-refractivity contribution is 0.316. The number of hydrogen-bond donors (Lipinski definition) is 1. The molecular formula is C17H25NO. The van der Waals surface area contributed by atoms with Gasteiger partial charge in [-0.2, -0.15) is 0 Å². The molecular weight excluding hydrogens is 234 g/mol. The van der Waals surface area contributed by atoms with Crippen molar-refractivity contribution in [3.63, 3.8) is 0 Å². The molecule has 0 aliphatic rings. The summed E-state index contributed by atoms with van der Waals surface area (Å²) < 4.78 is 5.69. The third-order valence-electron chi connectivity index (χ3n) is 3.00. The molecule has 2 heteroatoms. The Morgan fingerprint density at radius 2 is 2.21 bits per heavy atom. The minimum atomic E-state index is 0.364. The first kappa shape index (κ1) is 15.6. The Labute approximate surface area is 117 Å². The van der Waals surface area contributed by atoms with Crippen molar-refractivity contribution in [1.82, 2.24) is 5.32 Å². The van der Waals surface area contributed by atoms with Crippen molar-refractivity contribution < 1.29 is 4.74 Å². The van der Waals surface area contributed by atoms with Crippen LogP contribution < -0.4 is 10.1 Å². The van der Waals surface area contributed by atoms with Gasteiger partial charge in [-0.3, -0.25) is 0 Å². The van der Waals surface area contributed by atoms with Crippen LogP contribution >= 0.6 is 0 Å². The van der Waals surface area contributed by atoms with Crippen LogP contribution in [-0.2, 0) is 0 Å². The topological polar surface area (TPSA) is 21.3 Å². The first-order valence-electron chi connectivity index (χ1n) is 7.21. The summed E-state index contributed by atoms with van der Waals surface area (Å²) in [5.41, 5.74) is 1.28. The second-order valence-electron chi connectivity index (χ2n) is 4.63. The minimum absolute atomic E-state index is 0.364. The zero-order chi connectivity index (χ0) is 13.9. The van der Waals surface area contributed by atoms with Gasteiger partial charge in [0, 0.05) is 12.5 Å². The molecule has 2 nitrogen and oxygen atoms in total. The minimum Gasteiger partial charge on any atom is -0.494 e. The molecule has 0 radical (unpaired) electrons.